The first kappa shape index (κ1) is 23.1. The van der Waals surface area contributed by atoms with Crippen LogP contribution in [0.15, 0.2) is 30.5 Å². The Kier molecular flexibility index (Phi) is 6.85. The number of nitrogens with two attached hydrogens (primary N) is 1. The molecule has 2 aromatic heterocycles. The maximum atomic E-state index is 12.9. The van der Waals surface area contributed by atoms with Gasteiger partial charge in [0.05, 0.1) is 30.3 Å². The molecule has 4 rings (SSSR count). The van der Waals surface area contributed by atoms with E-state index in [-0.39, 0.29) is 28.8 Å². The van der Waals surface area contributed by atoms with E-state index >= 15 is 0 Å². The van der Waals surface area contributed by atoms with Gasteiger partial charge in [-0.05, 0) is 56.9 Å². The number of hydrogen-bond acceptors (Lipinski definition) is 7. The van der Waals surface area contributed by atoms with E-state index in [9.17, 15) is 9.59 Å². The number of rotatable bonds is 7. The van der Waals surface area contributed by atoms with Crippen molar-refractivity contribution in [2.24, 2.45) is 5.73 Å². The number of nitrogens with zero attached hydrogens (tertiary/aromatic N) is 3. The largest absolute Gasteiger partial charge is 0.473 e. The first-order chi connectivity index (χ1) is 15.9. The monoisotopic (exact) mass is 489 g/mol. The highest BCUT2D eigenvalue weighted by molar-refractivity contribution is 7.15. The second-order valence-corrected chi connectivity index (χ2v) is 9.18. The lowest BCUT2D eigenvalue weighted by molar-refractivity contribution is 0.0881. The lowest BCUT2D eigenvalue weighted by Gasteiger charge is -2.29. The van der Waals surface area contributed by atoms with Gasteiger partial charge in [0.2, 0.25) is 5.88 Å². The summed E-state index contributed by atoms with van der Waals surface area (Å²) in [6, 6.07) is 7.30. The van der Waals surface area contributed by atoms with E-state index in [0.717, 1.165) is 35.6 Å². The van der Waals surface area contributed by atoms with E-state index in [0.29, 0.717) is 28.6 Å². The van der Waals surface area contributed by atoms with Crippen LogP contribution in [0.1, 0.15) is 51.4 Å². The second kappa shape index (κ2) is 9.80. The minimum Gasteiger partial charge on any atom is -0.473 e. The Morgan fingerprint density at radius 2 is 1.91 bits per heavy atom. The highest BCUT2D eigenvalue weighted by Crippen LogP contribution is 2.33. The number of carbonyl (C=O) groups is 2. The van der Waals surface area contributed by atoms with Gasteiger partial charge in [-0.2, -0.15) is 10.1 Å². The number of benzene rings is 1. The Bertz CT molecular complexity index is 1150. The molecular weight excluding hydrogens is 466 g/mol. The highest BCUT2D eigenvalue weighted by atomic mass is 35.5. The zero-order chi connectivity index (χ0) is 23.5. The summed E-state index contributed by atoms with van der Waals surface area (Å²) in [5.74, 6) is -0.541. The summed E-state index contributed by atoms with van der Waals surface area (Å²) in [4.78, 5) is 28.9. The lowest BCUT2D eigenvalue weighted by Crippen LogP contribution is -2.40. The first-order valence-corrected chi connectivity index (χ1v) is 11.7. The summed E-state index contributed by atoms with van der Waals surface area (Å²) in [5, 5.41) is 8.43. The fourth-order valence-electron chi connectivity index (χ4n) is 3.83. The normalized spacial score (nSPS) is 18.0. The van der Waals surface area contributed by atoms with Gasteiger partial charge in [0.1, 0.15) is 6.10 Å². The van der Waals surface area contributed by atoms with Crippen molar-refractivity contribution in [3.05, 3.63) is 51.6 Å². The number of hydrogen-bond donors (Lipinski definition) is 2. The van der Waals surface area contributed by atoms with Crippen molar-refractivity contribution in [3.8, 4) is 16.8 Å². The Morgan fingerprint density at radius 3 is 2.55 bits per heavy atom. The van der Waals surface area contributed by atoms with Crippen LogP contribution >= 0.6 is 22.9 Å². The molecule has 1 aliphatic carbocycles. The Balaban J connectivity index is 1.34. The lowest BCUT2D eigenvalue weighted by atomic mass is 9.92. The van der Waals surface area contributed by atoms with E-state index in [1.807, 2.05) is 19.1 Å². The highest BCUT2D eigenvalue weighted by Gasteiger charge is 2.28. The fourth-order valence-corrected chi connectivity index (χ4v) is 4.63. The van der Waals surface area contributed by atoms with Gasteiger partial charge >= 0.3 is 0 Å². The molecule has 3 N–H and O–H groups in total. The molecule has 0 bridgehead atoms. The van der Waals surface area contributed by atoms with Crippen LogP contribution in [0.25, 0.3) is 5.69 Å². The Labute approximate surface area is 199 Å². The molecule has 0 radical (unpaired) electrons. The van der Waals surface area contributed by atoms with Gasteiger partial charge in [-0.3, -0.25) is 9.59 Å². The van der Waals surface area contributed by atoms with Crippen LogP contribution in [0.2, 0.25) is 5.02 Å². The number of halogens is 1. The van der Waals surface area contributed by atoms with Gasteiger partial charge < -0.3 is 20.5 Å². The summed E-state index contributed by atoms with van der Waals surface area (Å²) in [6.07, 6.45) is 4.38. The molecule has 1 fully saturated rings. The third kappa shape index (κ3) is 5.12. The molecule has 174 valence electrons. The smallest absolute Gasteiger partial charge is 0.277 e. The topological polar surface area (TPSA) is 121 Å². The van der Waals surface area contributed by atoms with Crippen molar-refractivity contribution >= 4 is 34.8 Å². The molecule has 33 heavy (non-hydrogen) atoms. The van der Waals surface area contributed by atoms with E-state index in [1.54, 1.807) is 23.0 Å². The number of primary amides is 1. The summed E-state index contributed by atoms with van der Waals surface area (Å²) >= 11 is 7.02. The third-order valence-electron chi connectivity index (χ3n) is 5.59. The maximum absolute atomic E-state index is 12.9. The molecule has 0 saturated heterocycles. The quantitative estimate of drug-likeness (QED) is 0.523. The summed E-state index contributed by atoms with van der Waals surface area (Å²) in [6.45, 7) is 1.86. The zero-order valence-electron chi connectivity index (χ0n) is 18.2. The van der Waals surface area contributed by atoms with Gasteiger partial charge in [-0.25, -0.2) is 4.68 Å². The molecule has 1 aliphatic rings. The molecule has 2 heterocycles. The number of nitrogens with one attached hydrogen (secondary N) is 1. The average Bonchev–Trinajstić information content (AvgIpc) is 3.39. The van der Waals surface area contributed by atoms with Gasteiger partial charge in [-0.15, -0.1) is 0 Å². The van der Waals surface area contributed by atoms with Crippen LogP contribution in [0.4, 0.5) is 0 Å². The van der Waals surface area contributed by atoms with Crippen molar-refractivity contribution in [1.82, 2.24) is 20.1 Å². The molecule has 11 heteroatoms. The molecule has 1 aromatic carbocycles. The van der Waals surface area contributed by atoms with Crippen LogP contribution in [-0.2, 0) is 0 Å². The zero-order valence-corrected chi connectivity index (χ0v) is 19.8. The third-order valence-corrected chi connectivity index (χ3v) is 6.85. The predicted molar refractivity (Wildman–Crippen MR) is 125 cm³/mol. The molecule has 2 amide bonds. The standard InChI is InChI=1S/C22H24ClN5O4S/c1-12-17(11-25-28(12)15-7-3-13(23)4-8-15)20(30)26-14-5-9-16(10-6-14)32-21-18(19(24)29)33-22(27-21)31-2/h3-4,7-8,11,14,16H,5-6,9-10H2,1-2H3,(H2,24,29)(H,26,30)/t14-,16-. The van der Waals surface area contributed by atoms with Crippen molar-refractivity contribution in [3.63, 3.8) is 0 Å². The van der Waals surface area contributed by atoms with Gasteiger partial charge in [0, 0.05) is 11.1 Å². The van der Waals surface area contributed by atoms with Crippen LogP contribution < -0.4 is 20.5 Å². The number of amides is 2. The Hall–Kier alpha value is -3.11. The van der Waals surface area contributed by atoms with Crippen LogP contribution in [0.5, 0.6) is 11.1 Å². The number of ether oxygens (including phenoxy) is 2. The number of carbonyl (C=O) groups excluding carboxylic acids is 2. The fraction of sp³-hybridized carbons (Fsp3) is 0.364. The van der Waals surface area contributed by atoms with E-state index in [2.05, 4.69) is 15.4 Å². The van der Waals surface area contributed by atoms with Crippen molar-refractivity contribution < 1.29 is 19.1 Å². The second-order valence-electron chi connectivity index (χ2n) is 7.78. The Morgan fingerprint density at radius 1 is 1.21 bits per heavy atom. The van der Waals surface area contributed by atoms with E-state index < -0.39 is 5.91 Å². The van der Waals surface area contributed by atoms with Crippen LogP contribution in [0, 0.1) is 6.92 Å². The first-order valence-electron chi connectivity index (χ1n) is 10.5. The molecular formula is C22H24ClN5O4S. The number of methoxy groups -OCH3 is 1. The molecule has 1 saturated carbocycles. The van der Waals surface area contributed by atoms with Gasteiger partial charge in [-0.1, -0.05) is 22.9 Å². The molecule has 9 nitrogen and oxygen atoms in total. The summed E-state index contributed by atoms with van der Waals surface area (Å²) < 4.78 is 12.7. The molecule has 0 aliphatic heterocycles. The molecule has 0 spiro atoms. The number of thiazole rings is 1. The van der Waals surface area contributed by atoms with Crippen molar-refractivity contribution in [2.45, 2.75) is 44.8 Å². The van der Waals surface area contributed by atoms with Crippen LogP contribution in [0.3, 0.4) is 0 Å². The predicted octanol–water partition coefficient (Wildman–Crippen LogP) is 3.52. The molecule has 0 atom stereocenters. The van der Waals surface area contributed by atoms with Gasteiger partial charge in [0.15, 0.2) is 4.88 Å². The van der Waals surface area contributed by atoms with Crippen molar-refractivity contribution in [2.75, 3.05) is 7.11 Å². The summed E-state index contributed by atoms with van der Waals surface area (Å²) in [7, 11) is 1.47. The SMILES string of the molecule is COc1nc(O[C@H]2CC[C@H](NC(=O)c3cnn(-c4ccc(Cl)cc4)c3C)CC2)c(C(N)=O)s1. The van der Waals surface area contributed by atoms with Gasteiger partial charge in [0.25, 0.3) is 17.0 Å². The number of aromatic nitrogens is 3. The summed E-state index contributed by atoms with van der Waals surface area (Å²) in [5.41, 5.74) is 7.53. The minimum atomic E-state index is -0.596. The average molecular weight is 490 g/mol. The van der Waals surface area contributed by atoms with Crippen molar-refractivity contribution in [1.29, 1.82) is 0 Å². The van der Waals surface area contributed by atoms with E-state index in [4.69, 9.17) is 26.8 Å². The maximum Gasteiger partial charge on any atom is 0.277 e. The molecule has 0 unspecified atom stereocenters. The van der Waals surface area contributed by atoms with E-state index in [1.165, 1.54) is 7.11 Å². The van der Waals surface area contributed by atoms with Crippen LogP contribution in [-0.4, -0.2) is 45.8 Å². The minimum absolute atomic E-state index is 0.0243. The molecule has 3 aromatic rings.